The Morgan fingerprint density at radius 1 is 0.977 bits per heavy atom. The summed E-state index contributed by atoms with van der Waals surface area (Å²) in [6.07, 6.45) is 7.13. The number of aryl methyl sites for hydroxylation is 1. The van der Waals surface area contributed by atoms with E-state index in [0.29, 0.717) is 30.0 Å². The second kappa shape index (κ2) is 12.9. The number of nitrogens with zero attached hydrogens (tertiary/aromatic N) is 5. The lowest BCUT2D eigenvalue weighted by Crippen LogP contribution is -2.33. The van der Waals surface area contributed by atoms with Crippen molar-refractivity contribution in [2.75, 3.05) is 18.5 Å². The van der Waals surface area contributed by atoms with Crippen molar-refractivity contribution in [3.8, 4) is 17.2 Å². The Hall–Kier alpha value is -4.26. The maximum atomic E-state index is 15.7. The Kier molecular flexibility index (Phi) is 9.09. The second-order valence-electron chi connectivity index (χ2n) is 10.1. The van der Waals surface area contributed by atoms with E-state index in [4.69, 9.17) is 14.2 Å². The Morgan fingerprint density at radius 2 is 1.79 bits per heavy atom. The Morgan fingerprint density at radius 3 is 2.51 bits per heavy atom. The number of halogens is 2. The molecule has 43 heavy (non-hydrogen) atoms. The highest BCUT2D eigenvalue weighted by Crippen LogP contribution is 2.38. The fourth-order valence-corrected chi connectivity index (χ4v) is 6.90. The molecule has 0 bridgehead atoms. The minimum atomic E-state index is -4.68. The van der Waals surface area contributed by atoms with Crippen molar-refractivity contribution >= 4 is 15.8 Å². The van der Waals surface area contributed by atoms with Crippen molar-refractivity contribution in [1.82, 2.24) is 19.7 Å². The zero-order valence-corrected chi connectivity index (χ0v) is 24.9. The molecule has 2 atom stereocenters. The lowest BCUT2D eigenvalue weighted by Gasteiger charge is -2.32. The second-order valence-corrected chi connectivity index (χ2v) is 11.9. The number of rotatable bonds is 11. The third kappa shape index (κ3) is 6.12. The van der Waals surface area contributed by atoms with Gasteiger partial charge in [-0.2, -0.15) is 9.49 Å². The molecule has 0 amide bonds. The first kappa shape index (κ1) is 30.2. The van der Waals surface area contributed by atoms with E-state index in [-0.39, 0.29) is 24.0 Å². The molecule has 10 nitrogen and oxygen atoms in total. The molecule has 1 aliphatic carbocycles. The van der Waals surface area contributed by atoms with Gasteiger partial charge in [0.2, 0.25) is 5.82 Å². The monoisotopic (exact) mass is 613 g/mol. The summed E-state index contributed by atoms with van der Waals surface area (Å²) in [5, 5.41) is 4.35. The van der Waals surface area contributed by atoms with Gasteiger partial charge in [-0.3, -0.25) is 4.68 Å². The molecule has 2 heterocycles. The van der Waals surface area contributed by atoms with Crippen LogP contribution in [0.15, 0.2) is 66.1 Å². The first-order valence-corrected chi connectivity index (χ1v) is 15.4. The van der Waals surface area contributed by atoms with Crippen molar-refractivity contribution in [1.29, 1.82) is 0 Å². The first-order valence-electron chi connectivity index (χ1n) is 13.9. The quantitative estimate of drug-likeness (QED) is 0.219. The molecule has 5 rings (SSSR count). The van der Waals surface area contributed by atoms with Crippen molar-refractivity contribution < 1.29 is 31.4 Å². The van der Waals surface area contributed by atoms with Gasteiger partial charge in [0.25, 0.3) is 10.0 Å². The molecule has 2 aromatic carbocycles. The molecule has 0 spiro atoms. The molecule has 2 aromatic heterocycles. The Labute approximate surface area is 249 Å². The van der Waals surface area contributed by atoms with Crippen molar-refractivity contribution in [3.63, 3.8) is 0 Å². The molecule has 0 aliphatic heterocycles. The molecule has 0 unspecified atom stereocenters. The van der Waals surface area contributed by atoms with Gasteiger partial charge in [-0.15, -0.1) is 0 Å². The van der Waals surface area contributed by atoms with Crippen molar-refractivity contribution in [3.05, 3.63) is 84.1 Å². The molecule has 1 saturated carbocycles. The van der Waals surface area contributed by atoms with Crippen LogP contribution in [-0.2, 0) is 23.1 Å². The lowest BCUT2D eigenvalue weighted by atomic mass is 9.84. The number of sulfonamides is 1. The zero-order chi connectivity index (χ0) is 30.6. The summed E-state index contributed by atoms with van der Waals surface area (Å²) in [4.78, 5) is 7.07. The average molecular weight is 614 g/mol. The largest absolute Gasteiger partial charge is 0.497 e. The summed E-state index contributed by atoms with van der Waals surface area (Å²) >= 11 is 0. The highest BCUT2D eigenvalue weighted by Gasteiger charge is 2.35. The van der Waals surface area contributed by atoms with Gasteiger partial charge >= 0.3 is 0 Å². The van der Waals surface area contributed by atoms with Crippen LogP contribution in [0, 0.1) is 11.6 Å². The third-order valence-corrected chi connectivity index (χ3v) is 9.39. The van der Waals surface area contributed by atoms with E-state index in [1.54, 1.807) is 24.4 Å². The normalized spacial score (nSPS) is 17.0. The summed E-state index contributed by atoms with van der Waals surface area (Å²) < 4.78 is 78.7. The van der Waals surface area contributed by atoms with Crippen LogP contribution in [0.4, 0.5) is 14.6 Å². The Balaban J connectivity index is 1.48. The molecule has 0 radical (unpaired) electrons. The fourth-order valence-electron chi connectivity index (χ4n) is 5.44. The molecular weight excluding hydrogens is 580 g/mol. The minimum absolute atomic E-state index is 0.0365. The number of ether oxygens (including phenoxy) is 3. The molecule has 0 N–H and O–H groups in total. The van der Waals surface area contributed by atoms with E-state index in [2.05, 4.69) is 15.1 Å². The van der Waals surface area contributed by atoms with Crippen LogP contribution in [0.2, 0.25) is 0 Å². The lowest BCUT2D eigenvalue weighted by molar-refractivity contribution is 0.119. The van der Waals surface area contributed by atoms with Gasteiger partial charge in [0.05, 0.1) is 20.8 Å². The van der Waals surface area contributed by atoms with E-state index in [0.717, 1.165) is 35.3 Å². The van der Waals surface area contributed by atoms with Gasteiger partial charge in [0.15, 0.2) is 11.6 Å². The standard InChI is InChI=1S/C30H33F2N5O5S/c1-4-36-23(13-16-35-36)22-7-5-6-8-24(22)42-25-11-12-27(30(32)29(25)31)43(38,39)37(28-14-15-33-19-34-28)18-20-9-10-21(40-2)17-26(20)41-3/h9-17,19,22,24H,4-8,18H2,1-3H3/t22-,24+/m1/s1. The number of hydrogen-bond acceptors (Lipinski definition) is 8. The highest BCUT2D eigenvalue weighted by molar-refractivity contribution is 7.92. The van der Waals surface area contributed by atoms with Crippen LogP contribution < -0.4 is 18.5 Å². The molecule has 1 aliphatic rings. The van der Waals surface area contributed by atoms with E-state index in [9.17, 15) is 8.42 Å². The SMILES string of the molecule is CCn1nccc1[C@H]1CCCC[C@@H]1Oc1ccc(S(=O)(=O)N(Cc2ccc(OC)cc2OC)c2ccncn2)c(F)c1F. The summed E-state index contributed by atoms with van der Waals surface area (Å²) in [7, 11) is -1.75. The first-order chi connectivity index (χ1) is 20.8. The predicted octanol–water partition coefficient (Wildman–Crippen LogP) is 5.49. The predicted molar refractivity (Wildman–Crippen MR) is 155 cm³/mol. The fraction of sp³-hybridized carbons (Fsp3) is 0.367. The van der Waals surface area contributed by atoms with Gasteiger partial charge in [0.1, 0.15) is 34.6 Å². The van der Waals surface area contributed by atoms with E-state index >= 15 is 8.78 Å². The number of methoxy groups -OCH3 is 2. The minimum Gasteiger partial charge on any atom is -0.497 e. The van der Waals surface area contributed by atoms with Crippen LogP contribution >= 0.6 is 0 Å². The summed E-state index contributed by atoms with van der Waals surface area (Å²) in [6.45, 7) is 2.37. The number of aromatic nitrogens is 4. The molecule has 4 aromatic rings. The van der Waals surface area contributed by atoms with Crippen LogP contribution in [0.5, 0.6) is 17.2 Å². The summed E-state index contributed by atoms with van der Waals surface area (Å²) in [5.74, 6) is -2.51. The van der Waals surface area contributed by atoms with Gasteiger partial charge in [-0.05, 0) is 56.5 Å². The maximum Gasteiger partial charge on any atom is 0.268 e. The maximum absolute atomic E-state index is 15.7. The van der Waals surface area contributed by atoms with E-state index < -0.39 is 32.7 Å². The number of anilines is 1. The number of hydrogen-bond donors (Lipinski definition) is 0. The summed E-state index contributed by atoms with van der Waals surface area (Å²) in [5.41, 5.74) is 1.42. The molecular formula is C30H33F2N5O5S. The molecule has 1 fully saturated rings. The van der Waals surface area contributed by atoms with Crippen LogP contribution in [0.25, 0.3) is 0 Å². The van der Waals surface area contributed by atoms with Gasteiger partial charge in [0, 0.05) is 48.2 Å². The van der Waals surface area contributed by atoms with Crippen LogP contribution in [0.1, 0.15) is 49.8 Å². The Bertz CT molecular complexity index is 1670. The van der Waals surface area contributed by atoms with Crippen molar-refractivity contribution in [2.24, 2.45) is 0 Å². The van der Waals surface area contributed by atoms with Gasteiger partial charge < -0.3 is 14.2 Å². The van der Waals surface area contributed by atoms with Crippen molar-refractivity contribution in [2.45, 2.75) is 62.6 Å². The smallest absolute Gasteiger partial charge is 0.268 e. The molecule has 228 valence electrons. The zero-order valence-electron chi connectivity index (χ0n) is 24.1. The van der Waals surface area contributed by atoms with Gasteiger partial charge in [-0.1, -0.05) is 6.42 Å². The third-order valence-electron chi connectivity index (χ3n) is 7.62. The van der Waals surface area contributed by atoms with E-state index in [1.165, 1.54) is 38.9 Å². The topological polar surface area (TPSA) is 109 Å². The molecule has 0 saturated heterocycles. The van der Waals surface area contributed by atoms with Gasteiger partial charge in [-0.25, -0.2) is 27.1 Å². The molecule has 13 heteroatoms. The van der Waals surface area contributed by atoms with Crippen LogP contribution in [0.3, 0.4) is 0 Å². The summed E-state index contributed by atoms with van der Waals surface area (Å²) in [6, 6.07) is 10.3. The number of benzene rings is 2. The van der Waals surface area contributed by atoms with E-state index in [1.807, 2.05) is 17.7 Å². The van der Waals surface area contributed by atoms with Crippen LogP contribution in [-0.4, -0.2) is 48.5 Å². The highest BCUT2D eigenvalue weighted by atomic mass is 32.2. The average Bonchev–Trinajstić information content (AvgIpc) is 3.51.